The van der Waals surface area contributed by atoms with Crippen LogP contribution in [0.15, 0.2) is 170 Å². The molecule has 5 aromatic heterocycles. The number of halogens is 3. The molecule has 0 radical (unpaired) electrons. The molecule has 3 aromatic carbocycles. The molecule has 150 heavy (non-hydrogen) atoms. The van der Waals surface area contributed by atoms with Crippen molar-refractivity contribution in [2.45, 2.75) is 234 Å². The second-order valence-corrected chi connectivity index (χ2v) is 49.8. The van der Waals surface area contributed by atoms with Crippen LogP contribution >= 0.6 is 0 Å². The van der Waals surface area contributed by atoms with Crippen molar-refractivity contribution in [2.24, 2.45) is 5.92 Å². The zero-order chi connectivity index (χ0) is 112. The van der Waals surface area contributed by atoms with Crippen molar-refractivity contribution < 1.29 is 134 Å². The number of aromatic amines is 5. The van der Waals surface area contributed by atoms with Gasteiger partial charge < -0.3 is 53.2 Å². The Labute approximate surface area is 857 Å². The van der Waals surface area contributed by atoms with Crippen LogP contribution in [0, 0.1) is 40.5 Å². The Bertz CT molecular complexity index is 7640. The first-order valence-electron chi connectivity index (χ1n) is 46.2. The second kappa shape index (κ2) is 46.2. The molecule has 7 aliphatic heterocycles. The molecule has 7 saturated heterocycles. The van der Waals surface area contributed by atoms with Gasteiger partial charge in [0.1, 0.15) is 52.9 Å². The summed E-state index contributed by atoms with van der Waals surface area (Å²) in [7, 11) is -23.0. The molecule has 4 bridgehead atoms. The van der Waals surface area contributed by atoms with E-state index in [1.807, 2.05) is 55.2 Å². The molecule has 0 amide bonds. The van der Waals surface area contributed by atoms with Crippen LogP contribution < -0.4 is 70.4 Å². The van der Waals surface area contributed by atoms with Gasteiger partial charge in [0.05, 0.1) is 79.1 Å². The minimum Gasteiger partial charge on any atom is -0.393 e. The van der Waals surface area contributed by atoms with Crippen LogP contribution in [-0.4, -0.2) is 296 Å². The van der Waals surface area contributed by atoms with Crippen LogP contribution in [0.4, 0.5) is 13.2 Å². The molecular formula is C88H120F3N15O37S7. The summed E-state index contributed by atoms with van der Waals surface area (Å²) >= 11 is 0. The number of aliphatic hydroxyl groups excluding tert-OH is 3. The topological polar surface area (TPSA) is 709 Å². The summed E-state index contributed by atoms with van der Waals surface area (Å²) in [5.41, 5.74) is -17.5. The zero-order valence-corrected chi connectivity index (χ0v) is 89.5. The molecule has 20 atom stereocenters. The van der Waals surface area contributed by atoms with Crippen molar-refractivity contribution in [1.29, 1.82) is 0 Å². The van der Waals surface area contributed by atoms with Crippen LogP contribution in [0.2, 0.25) is 0 Å². The summed E-state index contributed by atoms with van der Waals surface area (Å²) in [4.78, 5) is 131. The van der Waals surface area contributed by atoms with Crippen molar-refractivity contribution in [2.75, 3.05) is 76.9 Å². The van der Waals surface area contributed by atoms with Crippen LogP contribution in [0.5, 0.6) is 0 Å². The molecule has 832 valence electrons. The summed E-state index contributed by atoms with van der Waals surface area (Å²) in [6, 6.07) is 24.8. The number of sulfonamides is 5. The van der Waals surface area contributed by atoms with Gasteiger partial charge in [-0.1, -0.05) is 126 Å². The highest BCUT2D eigenvalue weighted by molar-refractivity contribution is 7.90. The second-order valence-electron chi connectivity index (χ2n) is 36.8. The van der Waals surface area contributed by atoms with Gasteiger partial charge in [0.25, 0.3) is 37.9 Å². The molecule has 0 saturated carbocycles. The van der Waals surface area contributed by atoms with Gasteiger partial charge in [-0.3, -0.25) is 80.1 Å². The number of nitrogens with zero attached hydrogens (tertiary/aromatic N) is 7. The Morgan fingerprint density at radius 3 is 1.01 bits per heavy atom. The van der Waals surface area contributed by atoms with E-state index in [1.54, 1.807) is 75.4 Å². The van der Waals surface area contributed by atoms with Gasteiger partial charge in [-0.2, -0.15) is 38.6 Å². The number of aromatic nitrogens is 10. The smallest absolute Gasteiger partial charge is 0.393 e. The standard InChI is InChI=1S/C21H26F3N3O9S2.C21H29N3O9S2.C20H27N3O7S.C14H21N3O5S.C12H17N3O7S/c1-4-20(12-37(30,31)25-3)16(34-11-14-8-6-5-7-9-14)15(36-38(32,33)21(22,23)24)18(35-20)27-10-13(2)17(28)26-19(27)29;1-5-21(13-35(29,30)22-3)17(31-12-15-9-7-6-8-10-15)16(33-34(4,27)28)19(32-21)24-11-14(2)18(25)23-20(24)26;1-4-20(12-31(27,28)21-3)16(29-11-14-8-6-5-7-9-14)15(24)18(30-20)23-10-13(2)17(25)22-19(23)26;1-5-14-7-23(20,21)16(4)10(9(14)3)12(22-14)17-6-8(2)11(18)15-13(17)19;1-6-3-15(11(19)13-9(6)18)10-7-8(17)12(4-16,22-10)5-23(20,21)14(7)2/h5-10,15-16,18,25H,4,11-12H2,1-3H3,(H,26,28,29);6-11,16-17,19,22H,5,12-13H2,1-4H3,(H,23,25,26);5-10,15-16,18,21,24H,4,11-12H2,1-3H3,(H,22,25,26);6,9-10,12H,5,7H2,1-4H3,(H,15,18,19);3,7-8,10,16-17H,4-5H2,1-2H3,(H,13,18,19)/t15-,16?,18+,20-;16-,17?,19+,21-;15-,16?,18+,20-;9?,10-,12+,14-;7-,8?,10+,12-/m00000/s1. The fourth-order valence-corrected chi connectivity index (χ4v) is 27.2. The summed E-state index contributed by atoms with van der Waals surface area (Å²) in [5.74, 6) is -2.71. The number of alkyl halides is 3. The Morgan fingerprint density at radius 2 is 0.700 bits per heavy atom. The van der Waals surface area contributed by atoms with Gasteiger partial charge in [0, 0.05) is 78.8 Å². The average molecular weight is 2260 g/mol. The van der Waals surface area contributed by atoms with Crippen LogP contribution in [0.1, 0.15) is 136 Å². The van der Waals surface area contributed by atoms with Gasteiger partial charge in [-0.05, 0) is 98.1 Å². The SMILES string of the molecule is CC[C@@]1(CS(=O)(=O)NC)O[C@@H](n2cc(C)c(=O)[nH]c2=O)[C@@H](O)C1OCc1ccccc1.CC[C@@]1(CS(=O)(=O)NC)O[C@@H](n2cc(C)c(=O)[nH]c2=O)[C@@H](OS(=O)(=O)C(F)(F)F)C1OCc1ccccc1.CC[C@@]1(CS(=O)(=O)NC)O[C@@H](n2cc(C)c(=O)[nH]c2=O)[C@@H](OS(C)(=O)=O)C1OCc1ccccc1.CC[C@]12CS(=O)(=O)N(C)[C@@H](C1C)[C@H](n1cc(C)c(=O)[nH]c1=O)O2.Cc1cn([C@@H]2O[C@@]3(CO)CS(=O)(=O)N(C)[C@H]2C3O)c(=O)[nH]c1=O. The maximum absolute atomic E-state index is 13.4. The summed E-state index contributed by atoms with van der Waals surface area (Å²) in [5, 5.41) is 31.1. The molecule has 12 heterocycles. The molecule has 0 aliphatic carbocycles. The molecule has 0 spiro atoms. The Kier molecular flexibility index (Phi) is 37.0. The van der Waals surface area contributed by atoms with Crippen molar-refractivity contribution in [3.63, 3.8) is 0 Å². The highest BCUT2D eigenvalue weighted by atomic mass is 32.2. The Hall–Kier alpha value is -10.2. The normalized spacial score (nSPS) is 28.6. The van der Waals surface area contributed by atoms with E-state index in [0.29, 0.717) is 22.1 Å². The monoisotopic (exact) mass is 2260 g/mol. The Balaban J connectivity index is 0.000000180. The van der Waals surface area contributed by atoms with E-state index in [1.165, 1.54) is 96.5 Å². The predicted octanol–water partition coefficient (Wildman–Crippen LogP) is -2.18. The quantitative estimate of drug-likeness (QED) is 0.0158. The fourth-order valence-electron chi connectivity index (χ4n) is 18.6. The highest BCUT2D eigenvalue weighted by Crippen LogP contribution is 2.52. The van der Waals surface area contributed by atoms with Crippen molar-refractivity contribution in [1.82, 2.24) is 70.5 Å². The van der Waals surface area contributed by atoms with Gasteiger partial charge in [-0.25, -0.2) is 80.2 Å². The third kappa shape index (κ3) is 25.7. The van der Waals surface area contributed by atoms with E-state index in [4.69, 9.17) is 42.1 Å². The lowest BCUT2D eigenvalue weighted by atomic mass is 9.85. The number of rotatable bonds is 32. The van der Waals surface area contributed by atoms with E-state index >= 15 is 0 Å². The third-order valence-corrected chi connectivity index (χ3v) is 37.1. The first kappa shape index (κ1) is 120. The van der Waals surface area contributed by atoms with Crippen molar-refractivity contribution in [3.8, 4) is 0 Å². The average Bonchev–Trinajstić information content (AvgIpc) is 1.55. The summed E-state index contributed by atoms with van der Waals surface area (Å²) in [6.45, 7) is 15.1. The molecule has 5 unspecified atom stereocenters. The van der Waals surface area contributed by atoms with E-state index < -0.39 is 276 Å². The summed E-state index contributed by atoms with van der Waals surface area (Å²) < 4.78 is 285. The maximum Gasteiger partial charge on any atom is 0.523 e. The van der Waals surface area contributed by atoms with Crippen molar-refractivity contribution in [3.05, 3.63) is 271 Å². The van der Waals surface area contributed by atoms with E-state index in [9.17, 15) is 135 Å². The van der Waals surface area contributed by atoms with Gasteiger partial charge in [0.2, 0.25) is 50.1 Å². The number of aryl methyl sites for hydroxylation is 5. The number of H-pyrrole nitrogens is 5. The molecule has 8 aromatic rings. The van der Waals surface area contributed by atoms with E-state index in [0.717, 1.165) is 48.6 Å². The Morgan fingerprint density at radius 1 is 0.420 bits per heavy atom. The molecule has 52 nitrogen and oxygen atoms in total. The molecule has 7 fully saturated rings. The lowest BCUT2D eigenvalue weighted by Gasteiger charge is -2.40. The minimum atomic E-state index is -6.29. The fraction of sp³-hybridized carbons (Fsp3) is 0.568. The number of hydrogen-bond acceptors (Lipinski definition) is 37. The molecule has 7 aliphatic rings. The number of benzene rings is 3. The molecular weight excluding hydrogens is 2140 g/mol. The first-order chi connectivity index (χ1) is 69.7. The largest absolute Gasteiger partial charge is 0.523 e. The van der Waals surface area contributed by atoms with Crippen LogP contribution in [0.3, 0.4) is 0 Å². The number of hydrogen-bond donors (Lipinski definition) is 11. The number of nitrogens with one attached hydrogen (secondary N) is 8. The first-order valence-corrected chi connectivity index (χ1v) is 57.6. The minimum absolute atomic E-state index is 0.00783. The van der Waals surface area contributed by atoms with Crippen LogP contribution in [-0.2, 0) is 136 Å². The van der Waals surface area contributed by atoms with Crippen LogP contribution in [0.25, 0.3) is 0 Å². The van der Waals surface area contributed by atoms with Gasteiger partial charge in [-0.15, -0.1) is 0 Å². The number of ether oxygens (including phenoxy) is 8. The highest BCUT2D eigenvalue weighted by Gasteiger charge is 2.68. The number of fused-ring (bicyclic) bond motifs is 4. The van der Waals surface area contributed by atoms with Crippen molar-refractivity contribution >= 4 is 70.4 Å². The number of likely N-dealkylation sites (N-methyl/N-ethyl adjacent to an activating group) is 2. The molecule has 11 N–H and O–H groups in total. The van der Waals surface area contributed by atoms with E-state index in [-0.39, 0.29) is 73.0 Å². The summed E-state index contributed by atoms with van der Waals surface area (Å²) in [6.07, 6.45) is -9.35. The van der Waals surface area contributed by atoms with E-state index in [2.05, 4.69) is 38.3 Å². The lowest BCUT2D eigenvalue weighted by Crippen LogP contribution is -2.62. The maximum atomic E-state index is 13.4. The predicted molar refractivity (Wildman–Crippen MR) is 528 cm³/mol. The zero-order valence-electron chi connectivity index (χ0n) is 83.7. The number of aliphatic hydroxyl groups is 3. The van der Waals surface area contributed by atoms with Gasteiger partial charge >= 0.3 is 44.1 Å². The lowest BCUT2D eigenvalue weighted by molar-refractivity contribution is -0.114. The third-order valence-electron chi connectivity index (χ3n) is 27.1. The molecule has 15 rings (SSSR count). The molecule has 62 heteroatoms. The van der Waals surface area contributed by atoms with Gasteiger partial charge in [0.15, 0.2) is 43.3 Å².